The topological polar surface area (TPSA) is 32.3 Å². The van der Waals surface area contributed by atoms with Crippen LogP contribution in [-0.4, -0.2) is 37.0 Å². The number of hydrogen-bond donors (Lipinski definition) is 1. The highest BCUT2D eigenvalue weighted by Crippen LogP contribution is 2.18. The van der Waals surface area contributed by atoms with E-state index in [-0.39, 0.29) is 11.9 Å². The minimum atomic E-state index is 0.0358. The molecular weight excluding hydrogens is 188 g/mol. The Kier molecular flexibility index (Phi) is 4.58. The molecule has 0 aromatic rings. The highest BCUT2D eigenvalue weighted by molar-refractivity contribution is 5.82. The first-order chi connectivity index (χ1) is 7.04. The molecule has 1 aliphatic rings. The van der Waals surface area contributed by atoms with Gasteiger partial charge in [-0.2, -0.15) is 0 Å². The van der Waals surface area contributed by atoms with Crippen LogP contribution >= 0.6 is 0 Å². The Balaban J connectivity index is 2.68. The van der Waals surface area contributed by atoms with Crippen LogP contribution in [0, 0.1) is 11.8 Å². The maximum Gasteiger partial charge on any atom is 0.239 e. The lowest BCUT2D eigenvalue weighted by Gasteiger charge is -2.26. The molecule has 0 aromatic carbocycles. The maximum absolute atomic E-state index is 12.1. The first kappa shape index (κ1) is 12.5. The van der Waals surface area contributed by atoms with Crippen LogP contribution in [-0.2, 0) is 4.79 Å². The van der Waals surface area contributed by atoms with E-state index >= 15 is 0 Å². The SMILES string of the molecule is CNC1CCC(C)CN(CC(C)C)C1=O. The zero-order valence-corrected chi connectivity index (χ0v) is 10.4. The van der Waals surface area contributed by atoms with Crippen LogP contribution in [0.2, 0.25) is 0 Å². The van der Waals surface area contributed by atoms with Crippen molar-refractivity contribution >= 4 is 5.91 Å². The number of amides is 1. The molecule has 0 saturated carbocycles. The van der Waals surface area contributed by atoms with Gasteiger partial charge in [0.1, 0.15) is 0 Å². The van der Waals surface area contributed by atoms with Crippen LogP contribution < -0.4 is 5.32 Å². The molecule has 1 aliphatic heterocycles. The third kappa shape index (κ3) is 3.49. The summed E-state index contributed by atoms with van der Waals surface area (Å²) in [7, 11) is 1.88. The van der Waals surface area contributed by atoms with E-state index in [2.05, 4.69) is 26.1 Å². The molecule has 0 aliphatic carbocycles. The number of likely N-dealkylation sites (tertiary alicyclic amines) is 1. The molecular formula is C12H24N2O. The summed E-state index contributed by atoms with van der Waals surface area (Å²) < 4.78 is 0. The molecule has 88 valence electrons. The fourth-order valence-corrected chi connectivity index (χ4v) is 2.23. The average molecular weight is 212 g/mol. The van der Waals surface area contributed by atoms with Crippen LogP contribution in [0.1, 0.15) is 33.6 Å². The largest absolute Gasteiger partial charge is 0.341 e. The summed E-state index contributed by atoms with van der Waals surface area (Å²) >= 11 is 0. The van der Waals surface area contributed by atoms with E-state index in [0.717, 1.165) is 25.9 Å². The van der Waals surface area contributed by atoms with Crippen LogP contribution in [0.25, 0.3) is 0 Å². The smallest absolute Gasteiger partial charge is 0.239 e. The van der Waals surface area contributed by atoms with E-state index in [4.69, 9.17) is 0 Å². The summed E-state index contributed by atoms with van der Waals surface area (Å²) in [5.74, 6) is 1.47. The Morgan fingerprint density at radius 2 is 2.13 bits per heavy atom. The molecule has 0 aromatic heterocycles. The van der Waals surface area contributed by atoms with Crippen molar-refractivity contribution < 1.29 is 4.79 Å². The van der Waals surface area contributed by atoms with E-state index in [9.17, 15) is 4.79 Å². The number of rotatable bonds is 3. The fraction of sp³-hybridized carbons (Fsp3) is 0.917. The summed E-state index contributed by atoms with van der Waals surface area (Å²) in [6.07, 6.45) is 2.12. The summed E-state index contributed by atoms with van der Waals surface area (Å²) in [6, 6.07) is 0.0358. The molecule has 1 saturated heterocycles. The van der Waals surface area contributed by atoms with Crippen molar-refractivity contribution in [2.24, 2.45) is 11.8 Å². The molecule has 2 unspecified atom stereocenters. The molecule has 0 spiro atoms. The van der Waals surface area contributed by atoms with E-state index in [1.807, 2.05) is 11.9 Å². The minimum Gasteiger partial charge on any atom is -0.341 e. The average Bonchev–Trinajstić information content (AvgIpc) is 2.27. The van der Waals surface area contributed by atoms with Gasteiger partial charge in [0.2, 0.25) is 5.91 Å². The number of carbonyl (C=O) groups excluding carboxylic acids is 1. The highest BCUT2D eigenvalue weighted by Gasteiger charge is 2.28. The van der Waals surface area contributed by atoms with Crippen molar-refractivity contribution in [3.63, 3.8) is 0 Å². The number of hydrogen-bond acceptors (Lipinski definition) is 2. The minimum absolute atomic E-state index is 0.0358. The second-order valence-electron chi connectivity index (χ2n) is 5.16. The van der Waals surface area contributed by atoms with Gasteiger partial charge in [-0.1, -0.05) is 20.8 Å². The van der Waals surface area contributed by atoms with Crippen LogP contribution in [0.15, 0.2) is 0 Å². The zero-order chi connectivity index (χ0) is 11.4. The molecule has 15 heavy (non-hydrogen) atoms. The quantitative estimate of drug-likeness (QED) is 0.768. The van der Waals surface area contributed by atoms with Gasteiger partial charge in [0.05, 0.1) is 6.04 Å². The van der Waals surface area contributed by atoms with E-state index in [1.54, 1.807) is 0 Å². The molecule has 3 nitrogen and oxygen atoms in total. The zero-order valence-electron chi connectivity index (χ0n) is 10.4. The second-order valence-corrected chi connectivity index (χ2v) is 5.16. The Bertz CT molecular complexity index is 216. The predicted molar refractivity (Wildman–Crippen MR) is 62.7 cm³/mol. The Labute approximate surface area is 93.2 Å². The molecule has 3 heteroatoms. The number of nitrogens with one attached hydrogen (secondary N) is 1. The first-order valence-electron chi connectivity index (χ1n) is 6.00. The third-order valence-electron chi connectivity index (χ3n) is 3.02. The van der Waals surface area contributed by atoms with Gasteiger partial charge in [0.15, 0.2) is 0 Å². The Morgan fingerprint density at radius 1 is 1.47 bits per heavy atom. The van der Waals surface area contributed by atoms with Gasteiger partial charge in [-0.05, 0) is 31.7 Å². The number of likely N-dealkylation sites (N-methyl/N-ethyl adjacent to an activating group) is 1. The van der Waals surface area contributed by atoms with Crippen molar-refractivity contribution in [3.8, 4) is 0 Å². The van der Waals surface area contributed by atoms with E-state index in [1.165, 1.54) is 0 Å². The van der Waals surface area contributed by atoms with E-state index < -0.39 is 0 Å². The molecule has 2 atom stereocenters. The standard InChI is InChI=1S/C12H24N2O/c1-9(2)7-14-8-10(3)5-6-11(13-4)12(14)15/h9-11,13H,5-8H2,1-4H3. The van der Waals surface area contributed by atoms with E-state index in [0.29, 0.717) is 11.8 Å². The summed E-state index contributed by atoms with van der Waals surface area (Å²) in [4.78, 5) is 14.2. The lowest BCUT2D eigenvalue weighted by Crippen LogP contribution is -2.45. The van der Waals surface area contributed by atoms with Crippen LogP contribution in [0.4, 0.5) is 0 Å². The lowest BCUT2D eigenvalue weighted by atomic mass is 10.0. The molecule has 1 N–H and O–H groups in total. The van der Waals surface area contributed by atoms with Crippen LogP contribution in [0.3, 0.4) is 0 Å². The Hall–Kier alpha value is -0.570. The summed E-state index contributed by atoms with van der Waals surface area (Å²) in [5.41, 5.74) is 0. The highest BCUT2D eigenvalue weighted by atomic mass is 16.2. The van der Waals surface area contributed by atoms with Crippen molar-refractivity contribution in [2.75, 3.05) is 20.1 Å². The van der Waals surface area contributed by atoms with Crippen molar-refractivity contribution in [2.45, 2.75) is 39.7 Å². The molecule has 0 radical (unpaired) electrons. The van der Waals surface area contributed by atoms with Gasteiger partial charge >= 0.3 is 0 Å². The molecule has 1 heterocycles. The molecule has 0 bridgehead atoms. The second kappa shape index (κ2) is 5.50. The van der Waals surface area contributed by atoms with Gasteiger partial charge in [-0.25, -0.2) is 0 Å². The first-order valence-corrected chi connectivity index (χ1v) is 6.00. The lowest BCUT2D eigenvalue weighted by molar-refractivity contribution is -0.133. The normalized spacial score (nSPS) is 28.3. The Morgan fingerprint density at radius 3 is 2.67 bits per heavy atom. The molecule has 1 rings (SSSR count). The summed E-state index contributed by atoms with van der Waals surface area (Å²) in [6.45, 7) is 8.38. The number of nitrogens with zero attached hydrogens (tertiary/aromatic N) is 1. The molecule has 1 fully saturated rings. The number of carbonyl (C=O) groups is 1. The van der Waals surface area contributed by atoms with Gasteiger partial charge < -0.3 is 10.2 Å². The predicted octanol–water partition coefficient (Wildman–Crippen LogP) is 1.49. The van der Waals surface area contributed by atoms with Gasteiger partial charge in [0.25, 0.3) is 0 Å². The van der Waals surface area contributed by atoms with Gasteiger partial charge in [-0.15, -0.1) is 0 Å². The van der Waals surface area contributed by atoms with Gasteiger partial charge in [-0.3, -0.25) is 4.79 Å². The molecule has 1 amide bonds. The fourth-order valence-electron chi connectivity index (χ4n) is 2.23. The van der Waals surface area contributed by atoms with Crippen molar-refractivity contribution in [1.82, 2.24) is 10.2 Å². The van der Waals surface area contributed by atoms with Crippen molar-refractivity contribution in [1.29, 1.82) is 0 Å². The van der Waals surface area contributed by atoms with Crippen LogP contribution in [0.5, 0.6) is 0 Å². The third-order valence-corrected chi connectivity index (χ3v) is 3.02. The maximum atomic E-state index is 12.1. The summed E-state index contributed by atoms with van der Waals surface area (Å²) in [5, 5.41) is 3.13. The van der Waals surface area contributed by atoms with Gasteiger partial charge in [0, 0.05) is 13.1 Å². The van der Waals surface area contributed by atoms with Crippen molar-refractivity contribution in [3.05, 3.63) is 0 Å². The monoisotopic (exact) mass is 212 g/mol.